The summed E-state index contributed by atoms with van der Waals surface area (Å²) < 4.78 is 18.6. The Bertz CT molecular complexity index is 1630. The number of aryl methyl sites for hydroxylation is 2. The summed E-state index contributed by atoms with van der Waals surface area (Å²) in [6, 6.07) is 13.4. The van der Waals surface area contributed by atoms with E-state index in [-0.39, 0.29) is 43.9 Å². The number of carbonyl (C=O) groups is 4. The standard InChI is InChI=1S/C42H55N3O8/c1-6-8-18-34(47)43-31(27-51-5)37(30-16-12-11-13-17-30)52-41(50)35-33-21-22-42(53-33)36(35)39(48)45(24-14-9-10-15-25-46)38(42)40(49)44(23-7-2)32-26-28(3)19-20-29(32)4/h6-7,11-13,16-17,19-20,26,31,33,35-38,46H,1-2,8-10,14-15,18,21-25,27H2,3-5H3,(H,43,47)/t31-,33+,35-,36-,37-,38+,42-/m0/s1. The first-order valence-corrected chi connectivity index (χ1v) is 18.8. The molecule has 0 saturated carbocycles. The summed E-state index contributed by atoms with van der Waals surface area (Å²) in [5.74, 6) is -3.30. The SMILES string of the molecule is C=CCCC(=O)N[C@@H](COC)[C@@H](OC(=O)[C@@H]1[C@H]2C(=O)N(CCCCCCO)[C@H](C(=O)N(CC=C)c3cc(C)ccc3C)[C@]23CC[C@H]1O3)c1ccccc1. The number of carbonyl (C=O) groups excluding carboxylic acids is 4. The molecule has 0 unspecified atom stereocenters. The molecule has 5 rings (SSSR count). The highest BCUT2D eigenvalue weighted by molar-refractivity contribution is 6.05. The number of unbranched alkanes of at least 4 members (excludes halogenated alkanes) is 3. The lowest BCUT2D eigenvalue weighted by Crippen LogP contribution is -2.56. The Morgan fingerprint density at radius 3 is 2.55 bits per heavy atom. The number of nitrogens with one attached hydrogen (secondary N) is 1. The number of methoxy groups -OCH3 is 1. The van der Waals surface area contributed by atoms with Crippen molar-refractivity contribution in [3.05, 3.63) is 90.5 Å². The van der Waals surface area contributed by atoms with E-state index in [0.717, 1.165) is 29.7 Å². The molecule has 3 heterocycles. The van der Waals surface area contributed by atoms with Crippen molar-refractivity contribution in [1.82, 2.24) is 10.2 Å². The Kier molecular flexibility index (Phi) is 13.6. The fraction of sp³-hybridized carbons (Fsp3) is 0.524. The summed E-state index contributed by atoms with van der Waals surface area (Å²) in [6.45, 7) is 12.2. The third-order valence-corrected chi connectivity index (χ3v) is 10.9. The van der Waals surface area contributed by atoms with Gasteiger partial charge in [0, 0.05) is 38.9 Å². The highest BCUT2D eigenvalue weighted by Gasteiger charge is 2.75. The summed E-state index contributed by atoms with van der Waals surface area (Å²) >= 11 is 0. The lowest BCUT2D eigenvalue weighted by molar-refractivity contribution is -0.163. The van der Waals surface area contributed by atoms with Gasteiger partial charge in [-0.05, 0) is 68.7 Å². The van der Waals surface area contributed by atoms with Crippen LogP contribution < -0.4 is 10.2 Å². The average Bonchev–Trinajstić information content (AvgIpc) is 3.80. The van der Waals surface area contributed by atoms with Crippen molar-refractivity contribution in [2.24, 2.45) is 11.8 Å². The number of rotatable bonds is 20. The van der Waals surface area contributed by atoms with Crippen LogP contribution >= 0.6 is 0 Å². The largest absolute Gasteiger partial charge is 0.455 e. The number of aliphatic hydroxyl groups is 1. The molecule has 0 radical (unpaired) electrons. The Labute approximate surface area is 313 Å². The van der Waals surface area contributed by atoms with Crippen molar-refractivity contribution in [2.45, 2.75) is 95.1 Å². The molecule has 11 nitrogen and oxygen atoms in total. The maximum absolute atomic E-state index is 15.0. The Balaban J connectivity index is 1.50. The predicted octanol–water partition coefficient (Wildman–Crippen LogP) is 5.13. The summed E-state index contributed by atoms with van der Waals surface area (Å²) in [4.78, 5) is 60.5. The third-order valence-electron chi connectivity index (χ3n) is 10.9. The fourth-order valence-electron chi connectivity index (χ4n) is 8.41. The topological polar surface area (TPSA) is 135 Å². The van der Waals surface area contributed by atoms with Crippen LogP contribution in [0.3, 0.4) is 0 Å². The molecule has 3 aliphatic rings. The van der Waals surface area contributed by atoms with Gasteiger partial charge in [0.15, 0.2) is 0 Å². The number of nitrogens with zero attached hydrogens (tertiary/aromatic N) is 2. The van der Waals surface area contributed by atoms with Crippen LogP contribution in [0.25, 0.3) is 0 Å². The Morgan fingerprint density at radius 2 is 1.85 bits per heavy atom. The normalized spacial score (nSPS) is 24.0. The molecule has 11 heteroatoms. The van der Waals surface area contributed by atoms with Crippen molar-refractivity contribution in [2.75, 3.05) is 38.3 Å². The Hall–Kier alpha value is -4.32. The number of anilines is 1. The maximum atomic E-state index is 15.0. The van der Waals surface area contributed by atoms with Crippen molar-refractivity contribution < 1.29 is 38.5 Å². The van der Waals surface area contributed by atoms with E-state index in [2.05, 4.69) is 18.5 Å². The predicted molar refractivity (Wildman–Crippen MR) is 202 cm³/mol. The molecule has 2 bridgehead atoms. The van der Waals surface area contributed by atoms with Crippen LogP contribution in [0.5, 0.6) is 0 Å². The van der Waals surface area contributed by atoms with E-state index in [9.17, 15) is 24.3 Å². The van der Waals surface area contributed by atoms with Crippen LogP contribution in [0.2, 0.25) is 0 Å². The molecule has 1 spiro atoms. The summed E-state index contributed by atoms with van der Waals surface area (Å²) in [7, 11) is 1.51. The second-order valence-corrected chi connectivity index (χ2v) is 14.5. The van der Waals surface area contributed by atoms with Crippen molar-refractivity contribution in [1.29, 1.82) is 0 Å². The third kappa shape index (κ3) is 8.42. The minimum absolute atomic E-state index is 0.0711. The molecule has 3 amide bonds. The smallest absolute Gasteiger partial charge is 0.313 e. The lowest BCUT2D eigenvalue weighted by Gasteiger charge is -2.37. The van der Waals surface area contributed by atoms with Gasteiger partial charge in [-0.15, -0.1) is 13.2 Å². The number of likely N-dealkylation sites (tertiary alicyclic amines) is 1. The minimum atomic E-state index is -1.22. The van der Waals surface area contributed by atoms with Gasteiger partial charge >= 0.3 is 5.97 Å². The average molecular weight is 730 g/mol. The number of amides is 3. The van der Waals surface area contributed by atoms with Crippen LogP contribution in [-0.2, 0) is 33.4 Å². The second kappa shape index (κ2) is 18.1. The maximum Gasteiger partial charge on any atom is 0.313 e. The van der Waals surface area contributed by atoms with Gasteiger partial charge in [0.05, 0.1) is 30.6 Å². The van der Waals surface area contributed by atoms with E-state index in [1.807, 2.05) is 62.4 Å². The zero-order valence-electron chi connectivity index (χ0n) is 31.3. The first kappa shape index (κ1) is 39.9. The number of hydrogen-bond donors (Lipinski definition) is 2. The van der Waals surface area contributed by atoms with E-state index < -0.39 is 47.7 Å². The van der Waals surface area contributed by atoms with Gasteiger partial charge in [0.2, 0.25) is 11.8 Å². The lowest BCUT2D eigenvalue weighted by atomic mass is 9.70. The van der Waals surface area contributed by atoms with Crippen LogP contribution in [0.4, 0.5) is 5.69 Å². The number of hydrogen-bond acceptors (Lipinski definition) is 8. The van der Waals surface area contributed by atoms with Gasteiger partial charge < -0.3 is 34.4 Å². The van der Waals surface area contributed by atoms with E-state index in [1.165, 1.54) is 7.11 Å². The molecular formula is C42H55N3O8. The molecular weight excluding hydrogens is 674 g/mol. The molecule has 286 valence electrons. The van der Waals surface area contributed by atoms with Gasteiger partial charge in [-0.2, -0.15) is 0 Å². The fourth-order valence-corrected chi connectivity index (χ4v) is 8.41. The molecule has 0 aromatic heterocycles. The summed E-state index contributed by atoms with van der Waals surface area (Å²) in [5, 5.41) is 12.3. The molecule has 3 saturated heterocycles. The summed E-state index contributed by atoms with van der Waals surface area (Å²) in [6.07, 6.45) is 6.27. The number of fused-ring (bicyclic) bond motifs is 1. The molecule has 3 aliphatic heterocycles. The number of ether oxygens (including phenoxy) is 3. The van der Waals surface area contributed by atoms with Crippen LogP contribution in [0, 0.1) is 25.7 Å². The van der Waals surface area contributed by atoms with E-state index in [4.69, 9.17) is 14.2 Å². The Morgan fingerprint density at radius 1 is 1.09 bits per heavy atom. The molecule has 2 N–H and O–H groups in total. The van der Waals surface area contributed by atoms with Crippen molar-refractivity contribution in [3.8, 4) is 0 Å². The number of aliphatic hydroxyl groups excluding tert-OH is 1. The zero-order valence-corrected chi connectivity index (χ0v) is 31.3. The van der Waals surface area contributed by atoms with Crippen LogP contribution in [0.15, 0.2) is 73.8 Å². The van der Waals surface area contributed by atoms with Crippen LogP contribution in [0.1, 0.15) is 74.2 Å². The number of esters is 1. The molecule has 2 aromatic rings. The number of benzene rings is 2. The first-order chi connectivity index (χ1) is 25.6. The number of allylic oxidation sites excluding steroid dienone is 1. The van der Waals surface area contributed by atoms with Gasteiger partial charge in [-0.1, -0.05) is 67.5 Å². The van der Waals surface area contributed by atoms with E-state index in [1.54, 1.807) is 22.0 Å². The molecule has 3 fully saturated rings. The summed E-state index contributed by atoms with van der Waals surface area (Å²) in [5.41, 5.74) is 2.07. The molecule has 0 aliphatic carbocycles. The van der Waals surface area contributed by atoms with Gasteiger partial charge in [-0.3, -0.25) is 19.2 Å². The first-order valence-electron chi connectivity index (χ1n) is 18.8. The quantitative estimate of drug-likeness (QED) is 0.109. The highest BCUT2D eigenvalue weighted by Crippen LogP contribution is 2.59. The molecule has 2 aromatic carbocycles. The monoisotopic (exact) mass is 729 g/mol. The second-order valence-electron chi connectivity index (χ2n) is 14.5. The van der Waals surface area contributed by atoms with E-state index >= 15 is 0 Å². The van der Waals surface area contributed by atoms with E-state index in [0.29, 0.717) is 44.2 Å². The molecule has 53 heavy (non-hydrogen) atoms. The van der Waals surface area contributed by atoms with Crippen molar-refractivity contribution >= 4 is 29.4 Å². The van der Waals surface area contributed by atoms with Gasteiger partial charge in [-0.25, -0.2) is 0 Å². The van der Waals surface area contributed by atoms with Gasteiger partial charge in [0.1, 0.15) is 17.7 Å². The molecule has 7 atom stereocenters. The highest BCUT2D eigenvalue weighted by atomic mass is 16.6. The van der Waals surface area contributed by atoms with Gasteiger partial charge in [0.25, 0.3) is 5.91 Å². The van der Waals surface area contributed by atoms with Crippen LogP contribution in [-0.4, -0.2) is 90.9 Å². The van der Waals surface area contributed by atoms with Crippen molar-refractivity contribution in [3.63, 3.8) is 0 Å². The minimum Gasteiger partial charge on any atom is -0.455 e. The zero-order chi connectivity index (χ0) is 38.1.